The Balaban J connectivity index is 0.00000221. The van der Waals surface area contributed by atoms with Crippen molar-refractivity contribution in [1.29, 1.82) is 0 Å². The van der Waals surface area contributed by atoms with Gasteiger partial charge in [0.25, 0.3) is 0 Å². The molecule has 0 radical (unpaired) electrons. The summed E-state index contributed by atoms with van der Waals surface area (Å²) in [6.45, 7) is 23.2. The van der Waals surface area contributed by atoms with E-state index in [1.807, 2.05) is 32.9 Å². The Hall–Kier alpha value is -2.66. The highest BCUT2D eigenvalue weighted by atomic mass is 32.2. The molecule has 9 nitrogen and oxygen atoms in total. The summed E-state index contributed by atoms with van der Waals surface area (Å²) < 4.78 is 31.4. The zero-order valence-corrected chi connectivity index (χ0v) is 28.5. The van der Waals surface area contributed by atoms with Crippen molar-refractivity contribution in [2.45, 2.75) is 79.3 Å². The Kier molecular flexibility index (Phi) is 18.1. The van der Waals surface area contributed by atoms with Crippen molar-refractivity contribution in [2.24, 2.45) is 4.99 Å². The summed E-state index contributed by atoms with van der Waals surface area (Å²) in [6, 6.07) is 0.938. The normalized spacial score (nSPS) is 21.6. The van der Waals surface area contributed by atoms with Gasteiger partial charge in [-0.25, -0.2) is 13.4 Å². The van der Waals surface area contributed by atoms with Crippen LogP contribution in [0.1, 0.15) is 67.2 Å². The number of piperidine rings is 1. The number of ether oxygens (including phenoxy) is 1. The number of nitrogens with zero attached hydrogens (tertiary/aromatic N) is 4. The zero-order chi connectivity index (χ0) is 32.4. The van der Waals surface area contributed by atoms with Crippen LogP contribution in [-0.2, 0) is 14.8 Å². The summed E-state index contributed by atoms with van der Waals surface area (Å²) in [5, 5.41) is 9.96. The third-order valence-corrected chi connectivity index (χ3v) is 8.24. The van der Waals surface area contributed by atoms with E-state index in [1.165, 1.54) is 11.8 Å². The van der Waals surface area contributed by atoms with Crippen LogP contribution in [0.5, 0.6) is 0 Å². The molecule has 0 aliphatic carbocycles. The van der Waals surface area contributed by atoms with Gasteiger partial charge in [-0.3, -0.25) is 14.5 Å². The van der Waals surface area contributed by atoms with Crippen molar-refractivity contribution >= 4 is 15.9 Å². The Labute approximate surface area is 262 Å². The molecular weight excluding hydrogens is 562 g/mol. The molecule has 244 valence electrons. The highest BCUT2D eigenvalue weighted by molar-refractivity contribution is 7.88. The van der Waals surface area contributed by atoms with Gasteiger partial charge < -0.3 is 14.7 Å². The number of allylic oxidation sites excluding steroid dienone is 8. The molecule has 3 aliphatic heterocycles. The lowest BCUT2D eigenvalue weighted by molar-refractivity contribution is 0.0310. The number of hydrogen-bond donors (Lipinski definition) is 2. The number of piperazine rings is 1. The first-order valence-corrected chi connectivity index (χ1v) is 17.4. The smallest absolute Gasteiger partial charge is 0.229 e. The standard InChI is InChI=1S/C29H47N5O4S.C2H6.C2H4/c1-6-8-9-10-25-11-12-28(38-24(25)4)21-32-15-13-27(14-16-32)34-18-17-33(20-26(34)7-2)29(22-35)30-19-23(3)31-39(5,36)37;2*1-2/h6,8-10,12,19,26-27,31,35H,7,11,13-18,20-22H2,1-5H3;1-2H3;1-2H2/b8-6-,10-9-,23-19+,30-29?;;. The molecule has 0 aromatic carbocycles. The fourth-order valence-electron chi connectivity index (χ4n) is 5.53. The van der Waals surface area contributed by atoms with Gasteiger partial charge in [-0.2, -0.15) is 0 Å². The summed E-state index contributed by atoms with van der Waals surface area (Å²) in [6.07, 6.45) is 17.2. The fraction of sp³-hybridized carbons (Fsp3) is 0.606. The monoisotopic (exact) mass is 619 g/mol. The van der Waals surface area contributed by atoms with E-state index in [-0.39, 0.29) is 6.61 Å². The Morgan fingerprint density at radius 3 is 2.42 bits per heavy atom. The topological polar surface area (TPSA) is 97.7 Å². The van der Waals surface area contributed by atoms with E-state index < -0.39 is 10.0 Å². The molecule has 2 N–H and O–H groups in total. The van der Waals surface area contributed by atoms with Gasteiger partial charge in [0.15, 0.2) is 0 Å². The summed E-state index contributed by atoms with van der Waals surface area (Å²) in [7, 11) is -3.35. The van der Waals surface area contributed by atoms with Gasteiger partial charge in [-0.15, -0.1) is 13.2 Å². The van der Waals surface area contributed by atoms with Crippen LogP contribution in [0.25, 0.3) is 0 Å². The van der Waals surface area contributed by atoms with Crippen molar-refractivity contribution in [3.8, 4) is 0 Å². The van der Waals surface area contributed by atoms with E-state index >= 15 is 0 Å². The molecule has 1 unspecified atom stereocenters. The fourth-order valence-corrected chi connectivity index (χ4v) is 6.16. The Morgan fingerprint density at radius 2 is 1.86 bits per heavy atom. The van der Waals surface area contributed by atoms with Gasteiger partial charge in [0.1, 0.15) is 24.0 Å². The highest BCUT2D eigenvalue weighted by Gasteiger charge is 2.34. The number of aliphatic hydroxyl groups excluding tert-OH is 1. The lowest BCUT2D eigenvalue weighted by Gasteiger charge is -2.48. The van der Waals surface area contributed by atoms with Crippen LogP contribution in [0.2, 0.25) is 0 Å². The van der Waals surface area contributed by atoms with Crippen LogP contribution in [-0.4, -0.2) is 98.3 Å². The zero-order valence-electron chi connectivity index (χ0n) is 27.7. The average Bonchev–Trinajstić information content (AvgIpc) is 3.00. The minimum Gasteiger partial charge on any atom is -0.465 e. The number of amidine groups is 1. The second-order valence-corrected chi connectivity index (χ2v) is 12.3. The van der Waals surface area contributed by atoms with Crippen LogP contribution in [0.3, 0.4) is 0 Å². The number of likely N-dealkylation sites (tertiary alicyclic amines) is 1. The van der Waals surface area contributed by atoms with Crippen LogP contribution in [0.4, 0.5) is 0 Å². The van der Waals surface area contributed by atoms with E-state index in [0.29, 0.717) is 23.6 Å². The van der Waals surface area contributed by atoms with E-state index in [0.717, 1.165) is 82.7 Å². The van der Waals surface area contributed by atoms with Crippen LogP contribution in [0, 0.1) is 0 Å². The van der Waals surface area contributed by atoms with Gasteiger partial charge >= 0.3 is 0 Å². The molecule has 3 heterocycles. The Morgan fingerprint density at radius 1 is 1.19 bits per heavy atom. The minimum absolute atomic E-state index is 0.183. The minimum atomic E-state index is -3.35. The van der Waals surface area contributed by atoms with E-state index in [2.05, 4.69) is 69.6 Å². The molecule has 2 fully saturated rings. The van der Waals surface area contributed by atoms with Crippen molar-refractivity contribution in [2.75, 3.05) is 52.1 Å². The summed E-state index contributed by atoms with van der Waals surface area (Å²) >= 11 is 0. The molecule has 0 amide bonds. The van der Waals surface area contributed by atoms with E-state index in [4.69, 9.17) is 4.74 Å². The van der Waals surface area contributed by atoms with Crippen molar-refractivity contribution < 1.29 is 18.3 Å². The summed E-state index contributed by atoms with van der Waals surface area (Å²) in [4.78, 5) is 11.7. The van der Waals surface area contributed by atoms with Gasteiger partial charge in [0.2, 0.25) is 10.0 Å². The van der Waals surface area contributed by atoms with E-state index in [9.17, 15) is 13.5 Å². The molecule has 1 atom stereocenters. The molecule has 0 saturated carbocycles. The molecule has 3 rings (SSSR count). The maximum Gasteiger partial charge on any atom is 0.229 e. The van der Waals surface area contributed by atoms with Gasteiger partial charge in [0.05, 0.1) is 12.8 Å². The quantitative estimate of drug-likeness (QED) is 0.150. The molecule has 2 saturated heterocycles. The third kappa shape index (κ3) is 13.3. The lowest BCUT2D eigenvalue weighted by atomic mass is 9.98. The molecular formula is C33H57N5O4S. The molecule has 0 spiro atoms. The summed E-state index contributed by atoms with van der Waals surface area (Å²) in [5.74, 6) is 2.62. The first kappa shape index (κ1) is 38.4. The lowest BCUT2D eigenvalue weighted by Crippen LogP contribution is -2.59. The number of nitrogens with one attached hydrogen (secondary N) is 1. The van der Waals surface area contributed by atoms with Crippen molar-refractivity contribution in [3.05, 3.63) is 72.5 Å². The van der Waals surface area contributed by atoms with Crippen molar-refractivity contribution in [3.63, 3.8) is 0 Å². The van der Waals surface area contributed by atoms with E-state index in [1.54, 1.807) is 6.92 Å². The molecule has 0 bridgehead atoms. The summed E-state index contributed by atoms with van der Waals surface area (Å²) in [5.41, 5.74) is 1.65. The number of sulfonamides is 1. The number of rotatable bonds is 10. The van der Waals surface area contributed by atoms with Crippen LogP contribution < -0.4 is 4.72 Å². The van der Waals surface area contributed by atoms with Gasteiger partial charge in [-0.05, 0) is 58.1 Å². The number of hydrogen-bond acceptors (Lipinski definition) is 7. The second-order valence-electron chi connectivity index (χ2n) is 10.6. The average molecular weight is 620 g/mol. The number of aliphatic imine (C=N–C) groups is 1. The Bertz CT molecular complexity index is 1130. The van der Waals surface area contributed by atoms with Crippen LogP contribution in [0.15, 0.2) is 77.5 Å². The van der Waals surface area contributed by atoms with Crippen LogP contribution >= 0.6 is 0 Å². The maximum atomic E-state index is 11.4. The molecule has 0 aromatic heterocycles. The highest BCUT2D eigenvalue weighted by Crippen LogP contribution is 2.27. The predicted molar refractivity (Wildman–Crippen MR) is 181 cm³/mol. The largest absolute Gasteiger partial charge is 0.465 e. The second kappa shape index (κ2) is 20.3. The molecule has 43 heavy (non-hydrogen) atoms. The molecule has 0 aromatic rings. The third-order valence-electron chi connectivity index (χ3n) is 7.55. The number of aliphatic hydroxyl groups is 1. The SMILES string of the molecule is C/C=C\C=C/C1=C(C)OC(CN2CCC(N3CCN(C(CO)=N/C=C(\C)NS(C)(=O)=O)CC3CC)CC2)=CC1.C=C.CC. The first-order valence-electron chi connectivity index (χ1n) is 15.5. The molecule has 3 aliphatic rings. The van der Waals surface area contributed by atoms with Crippen molar-refractivity contribution in [1.82, 2.24) is 19.4 Å². The van der Waals surface area contributed by atoms with Gasteiger partial charge in [0, 0.05) is 56.7 Å². The first-order chi connectivity index (χ1) is 20.6. The van der Waals surface area contributed by atoms with Gasteiger partial charge in [-0.1, -0.05) is 45.1 Å². The predicted octanol–water partition coefficient (Wildman–Crippen LogP) is 5.19. The molecule has 10 heteroatoms. The maximum absolute atomic E-state index is 11.4.